The van der Waals surface area contributed by atoms with Crippen molar-refractivity contribution in [1.29, 1.82) is 0 Å². The normalized spacial score (nSPS) is 13.0. The van der Waals surface area contributed by atoms with Crippen LogP contribution >= 0.6 is 11.3 Å². The summed E-state index contributed by atoms with van der Waals surface area (Å²) in [5, 5.41) is 11.1. The SMILES string of the molecule is NCc1cccc(Oc2ccccc2N(Cc2ccc(-c3cccs3)cc2)C(=O)CCC(=O)NN2CCN(c3ccccc3)CC2)c1.O=C(O)C(F)(F)F. The van der Waals surface area contributed by atoms with E-state index in [2.05, 4.69) is 46.0 Å². The van der Waals surface area contributed by atoms with Gasteiger partial charge in [0.15, 0.2) is 5.75 Å². The smallest absolute Gasteiger partial charge is 0.475 e. The fourth-order valence-electron chi connectivity index (χ4n) is 5.64. The van der Waals surface area contributed by atoms with Gasteiger partial charge in [-0.15, -0.1) is 11.3 Å². The summed E-state index contributed by atoms with van der Waals surface area (Å²) in [5.74, 6) is -1.91. The number of aliphatic carboxylic acids is 1. The van der Waals surface area contributed by atoms with E-state index in [1.54, 1.807) is 16.2 Å². The number of hydrazine groups is 1. The van der Waals surface area contributed by atoms with Gasteiger partial charge in [0.25, 0.3) is 0 Å². The third-order valence-corrected chi connectivity index (χ3v) is 9.33. The van der Waals surface area contributed by atoms with Crippen molar-refractivity contribution < 1.29 is 37.4 Å². The Balaban J connectivity index is 0.000000730. The number of nitrogens with one attached hydrogen (secondary N) is 1. The molecule has 2 heterocycles. The van der Waals surface area contributed by atoms with Crippen LogP contribution in [0.25, 0.3) is 10.4 Å². The van der Waals surface area contributed by atoms with E-state index in [1.165, 1.54) is 10.6 Å². The Morgan fingerprint density at radius 2 is 1.50 bits per heavy atom. The molecule has 5 aromatic rings. The van der Waals surface area contributed by atoms with E-state index in [0.717, 1.165) is 29.8 Å². The summed E-state index contributed by atoms with van der Waals surface area (Å²) in [6.07, 6.45) is -4.95. The molecule has 54 heavy (non-hydrogen) atoms. The zero-order valence-electron chi connectivity index (χ0n) is 29.2. The largest absolute Gasteiger partial charge is 0.490 e. The average Bonchev–Trinajstić information content (AvgIpc) is 3.73. The van der Waals surface area contributed by atoms with Crippen molar-refractivity contribution in [2.24, 2.45) is 5.73 Å². The van der Waals surface area contributed by atoms with Gasteiger partial charge in [-0.2, -0.15) is 13.2 Å². The highest BCUT2D eigenvalue weighted by molar-refractivity contribution is 7.13. The summed E-state index contributed by atoms with van der Waals surface area (Å²) in [5.41, 5.74) is 13.7. The molecular formula is C40H40F3N5O5S. The van der Waals surface area contributed by atoms with Crippen LogP contribution in [0.1, 0.15) is 24.0 Å². The topological polar surface area (TPSA) is 128 Å². The van der Waals surface area contributed by atoms with Crippen LogP contribution in [0, 0.1) is 0 Å². The standard InChI is InChI=1S/C38H39N5O3S.C2HF3O2/c39-27-30-8-6-11-33(26-30)46-35-13-5-4-12-34(35)43(28-29-15-17-31(18-16-29)36-14-7-25-47-36)38(45)20-19-37(44)40-42-23-21-41(22-24-42)32-9-2-1-3-10-32;3-2(4,5)1(6)7/h1-18,25-26H,19-24,27-28,39H2,(H,40,44);(H,6,7). The number of para-hydroxylation sites is 3. The first-order valence-corrected chi connectivity index (χ1v) is 18.0. The maximum atomic E-state index is 14.0. The van der Waals surface area contributed by atoms with E-state index in [9.17, 15) is 22.8 Å². The minimum atomic E-state index is -5.08. The van der Waals surface area contributed by atoms with Gasteiger partial charge >= 0.3 is 12.1 Å². The van der Waals surface area contributed by atoms with Crippen molar-refractivity contribution in [3.8, 4) is 21.9 Å². The number of anilines is 2. The van der Waals surface area contributed by atoms with Crippen molar-refractivity contribution in [3.63, 3.8) is 0 Å². The molecule has 4 N–H and O–H groups in total. The molecule has 1 saturated heterocycles. The minimum absolute atomic E-state index is 0.0556. The van der Waals surface area contributed by atoms with Crippen LogP contribution in [0.2, 0.25) is 0 Å². The van der Waals surface area contributed by atoms with Gasteiger partial charge in [-0.1, -0.05) is 72.8 Å². The Bertz CT molecular complexity index is 1970. The van der Waals surface area contributed by atoms with Gasteiger partial charge in [-0.05, 0) is 64.5 Å². The van der Waals surface area contributed by atoms with Crippen molar-refractivity contribution in [3.05, 3.63) is 132 Å². The van der Waals surface area contributed by atoms with Crippen LogP contribution in [0.3, 0.4) is 0 Å². The average molecular weight is 760 g/mol. The van der Waals surface area contributed by atoms with Crippen LogP contribution in [0.5, 0.6) is 11.5 Å². The number of rotatable bonds is 12. The molecule has 0 bridgehead atoms. The van der Waals surface area contributed by atoms with Gasteiger partial charge in [-0.25, -0.2) is 9.80 Å². The van der Waals surface area contributed by atoms with Gasteiger partial charge in [0.1, 0.15) is 5.75 Å². The first kappa shape index (κ1) is 39.5. The van der Waals surface area contributed by atoms with Crippen LogP contribution in [-0.2, 0) is 27.5 Å². The molecule has 1 fully saturated rings. The number of benzene rings is 4. The predicted octanol–water partition coefficient (Wildman–Crippen LogP) is 7.47. The molecule has 1 aromatic heterocycles. The lowest BCUT2D eigenvalue weighted by Crippen LogP contribution is -2.53. The molecule has 0 aliphatic carbocycles. The van der Waals surface area contributed by atoms with Crippen LogP contribution < -0.4 is 25.7 Å². The van der Waals surface area contributed by atoms with E-state index in [1.807, 2.05) is 89.9 Å². The van der Waals surface area contributed by atoms with E-state index in [4.69, 9.17) is 20.4 Å². The molecule has 2 amide bonds. The number of alkyl halides is 3. The predicted molar refractivity (Wildman–Crippen MR) is 203 cm³/mol. The molecule has 4 aromatic carbocycles. The summed E-state index contributed by atoms with van der Waals surface area (Å²) in [6.45, 7) is 3.77. The number of hydrogen-bond donors (Lipinski definition) is 3. The Labute approximate surface area is 315 Å². The molecule has 14 heteroatoms. The Morgan fingerprint density at radius 1 is 0.815 bits per heavy atom. The molecule has 0 spiro atoms. The lowest BCUT2D eigenvalue weighted by atomic mass is 10.1. The monoisotopic (exact) mass is 759 g/mol. The maximum absolute atomic E-state index is 14.0. The zero-order chi connectivity index (χ0) is 38.5. The van der Waals surface area contributed by atoms with Crippen molar-refractivity contribution in [2.45, 2.75) is 32.1 Å². The third kappa shape index (κ3) is 11.4. The van der Waals surface area contributed by atoms with Gasteiger partial charge in [0, 0.05) is 56.1 Å². The second kappa shape index (κ2) is 18.9. The fourth-order valence-corrected chi connectivity index (χ4v) is 6.37. The first-order chi connectivity index (χ1) is 26.0. The van der Waals surface area contributed by atoms with Gasteiger partial charge in [-0.3, -0.25) is 15.0 Å². The summed E-state index contributed by atoms with van der Waals surface area (Å²) in [6, 6.07) is 37.8. The Kier molecular flexibility index (Phi) is 13.8. The summed E-state index contributed by atoms with van der Waals surface area (Å²) < 4.78 is 38.1. The molecule has 0 unspecified atom stereocenters. The number of hydrogen-bond acceptors (Lipinski definition) is 8. The highest BCUT2D eigenvalue weighted by atomic mass is 32.1. The van der Waals surface area contributed by atoms with Crippen molar-refractivity contribution in [2.75, 3.05) is 36.0 Å². The number of nitrogens with zero attached hydrogens (tertiary/aromatic N) is 3. The van der Waals surface area contributed by atoms with Gasteiger partial charge < -0.3 is 25.4 Å². The summed E-state index contributed by atoms with van der Waals surface area (Å²) >= 11 is 1.69. The number of carboxylic acid groups (broad SMARTS) is 1. The van der Waals surface area contributed by atoms with Crippen LogP contribution in [0.15, 0.2) is 121 Å². The van der Waals surface area contributed by atoms with Crippen molar-refractivity contribution in [1.82, 2.24) is 10.4 Å². The van der Waals surface area contributed by atoms with Crippen molar-refractivity contribution >= 4 is 40.5 Å². The minimum Gasteiger partial charge on any atom is -0.475 e. The molecule has 10 nitrogen and oxygen atoms in total. The summed E-state index contributed by atoms with van der Waals surface area (Å²) in [7, 11) is 0. The molecule has 1 aliphatic rings. The van der Waals surface area contributed by atoms with Crippen LogP contribution in [0.4, 0.5) is 24.5 Å². The number of ether oxygens (including phenoxy) is 1. The molecule has 0 radical (unpaired) electrons. The lowest BCUT2D eigenvalue weighted by Gasteiger charge is -2.36. The molecule has 0 atom stereocenters. The molecule has 1 aliphatic heterocycles. The molecular weight excluding hydrogens is 720 g/mol. The highest BCUT2D eigenvalue weighted by Crippen LogP contribution is 2.34. The highest BCUT2D eigenvalue weighted by Gasteiger charge is 2.38. The quantitative estimate of drug-likeness (QED) is 0.120. The molecule has 0 saturated carbocycles. The number of carboxylic acids is 1. The maximum Gasteiger partial charge on any atom is 0.490 e. The number of carbonyl (C=O) groups is 3. The van der Waals surface area contributed by atoms with E-state index in [0.29, 0.717) is 43.4 Å². The third-order valence-electron chi connectivity index (χ3n) is 8.41. The Hall–Kier alpha value is -5.70. The van der Waals surface area contributed by atoms with Gasteiger partial charge in [0.2, 0.25) is 11.8 Å². The molecule has 282 valence electrons. The fraction of sp³-hybridized carbons (Fsp3) is 0.225. The summed E-state index contributed by atoms with van der Waals surface area (Å²) in [4.78, 5) is 41.1. The number of piperazine rings is 1. The number of thiophene rings is 1. The number of amides is 2. The first-order valence-electron chi connectivity index (χ1n) is 17.1. The van der Waals surface area contributed by atoms with Crippen LogP contribution in [-0.4, -0.2) is 60.3 Å². The molecule has 6 rings (SSSR count). The van der Waals surface area contributed by atoms with E-state index < -0.39 is 12.1 Å². The lowest BCUT2D eigenvalue weighted by molar-refractivity contribution is -0.192. The van der Waals surface area contributed by atoms with E-state index >= 15 is 0 Å². The number of nitrogens with two attached hydrogens (primary N) is 1. The number of carbonyl (C=O) groups excluding carboxylic acids is 2. The zero-order valence-corrected chi connectivity index (χ0v) is 30.1. The second-order valence-corrected chi connectivity index (χ2v) is 13.2. The van der Waals surface area contributed by atoms with Gasteiger partial charge in [0.05, 0.1) is 12.2 Å². The Morgan fingerprint density at radius 3 is 2.15 bits per heavy atom. The number of halogens is 3. The van der Waals surface area contributed by atoms with E-state index in [-0.39, 0.29) is 24.7 Å². The second-order valence-electron chi connectivity index (χ2n) is 12.2.